The molecule has 24 heavy (non-hydrogen) atoms. The number of benzene rings is 1. The molecule has 1 aromatic heterocycles. The van der Waals surface area contributed by atoms with Gasteiger partial charge < -0.3 is 9.88 Å². The first-order valence-corrected chi connectivity index (χ1v) is 7.63. The van der Waals surface area contributed by atoms with E-state index in [1.54, 1.807) is 6.07 Å². The number of aromatic nitrogens is 3. The molecule has 5 nitrogen and oxygen atoms in total. The molecule has 1 saturated carbocycles. The second kappa shape index (κ2) is 6.15. The summed E-state index contributed by atoms with van der Waals surface area (Å²) in [6.07, 6.45) is -1.11. The maximum Gasteiger partial charge on any atom is 0.417 e. The summed E-state index contributed by atoms with van der Waals surface area (Å²) >= 11 is 0. The van der Waals surface area contributed by atoms with E-state index in [1.165, 1.54) is 18.6 Å². The van der Waals surface area contributed by atoms with Gasteiger partial charge in [0, 0.05) is 18.7 Å². The van der Waals surface area contributed by atoms with Crippen LogP contribution >= 0.6 is 0 Å². The van der Waals surface area contributed by atoms with Gasteiger partial charge in [-0.05, 0) is 31.0 Å². The van der Waals surface area contributed by atoms with Crippen LogP contribution in [-0.4, -0.2) is 14.8 Å². The van der Waals surface area contributed by atoms with Gasteiger partial charge in [0.1, 0.15) is 5.82 Å². The summed E-state index contributed by atoms with van der Waals surface area (Å²) in [7, 11) is 1.89. The zero-order valence-corrected chi connectivity index (χ0v) is 13.1. The van der Waals surface area contributed by atoms with Crippen molar-refractivity contribution in [3.8, 4) is 6.07 Å². The van der Waals surface area contributed by atoms with Gasteiger partial charge in [-0.1, -0.05) is 6.42 Å². The molecule has 1 heterocycles. The molecule has 1 aliphatic carbocycles. The minimum absolute atomic E-state index is 0.326. The first-order chi connectivity index (χ1) is 11.4. The molecular formula is C16H16F3N5. The zero-order valence-electron chi connectivity index (χ0n) is 13.1. The molecule has 2 aromatic rings. The van der Waals surface area contributed by atoms with Crippen LogP contribution in [-0.2, 0) is 19.8 Å². The van der Waals surface area contributed by atoms with Gasteiger partial charge in [-0.15, -0.1) is 10.2 Å². The highest BCUT2D eigenvalue weighted by Crippen LogP contribution is 2.35. The van der Waals surface area contributed by atoms with Gasteiger partial charge in [-0.2, -0.15) is 18.4 Å². The van der Waals surface area contributed by atoms with Gasteiger partial charge in [0.15, 0.2) is 5.82 Å². The monoisotopic (exact) mass is 335 g/mol. The van der Waals surface area contributed by atoms with Gasteiger partial charge in [0.2, 0.25) is 0 Å². The second-order valence-corrected chi connectivity index (χ2v) is 5.88. The second-order valence-electron chi connectivity index (χ2n) is 5.88. The van der Waals surface area contributed by atoms with Crippen molar-refractivity contribution in [3.05, 3.63) is 41.0 Å². The lowest BCUT2D eigenvalue weighted by molar-refractivity contribution is -0.137. The molecule has 126 valence electrons. The van der Waals surface area contributed by atoms with E-state index in [9.17, 15) is 13.2 Å². The number of nitrogens with zero attached hydrogens (tertiary/aromatic N) is 4. The van der Waals surface area contributed by atoms with Crippen LogP contribution in [0.5, 0.6) is 0 Å². The largest absolute Gasteiger partial charge is 0.417 e. The Hall–Kier alpha value is -2.56. The van der Waals surface area contributed by atoms with Gasteiger partial charge in [-0.25, -0.2) is 0 Å². The Balaban J connectivity index is 1.73. The van der Waals surface area contributed by atoms with E-state index in [-0.39, 0.29) is 0 Å². The SMILES string of the molecule is Cn1c(CNc2ccc(C(F)(F)F)c(C#N)c2)nnc1C1CCC1. The Morgan fingerprint density at radius 2 is 2.08 bits per heavy atom. The van der Waals surface area contributed by atoms with Crippen molar-refractivity contribution in [2.75, 3.05) is 5.32 Å². The van der Waals surface area contributed by atoms with E-state index in [2.05, 4.69) is 15.5 Å². The summed E-state index contributed by atoms with van der Waals surface area (Å²) in [5, 5.41) is 20.3. The molecule has 0 bridgehead atoms. The molecule has 1 fully saturated rings. The van der Waals surface area contributed by atoms with Crippen molar-refractivity contribution in [2.45, 2.75) is 37.9 Å². The highest BCUT2D eigenvalue weighted by Gasteiger charge is 2.33. The number of hydrogen-bond donors (Lipinski definition) is 1. The van der Waals surface area contributed by atoms with Crippen molar-refractivity contribution < 1.29 is 13.2 Å². The number of alkyl halides is 3. The third kappa shape index (κ3) is 3.07. The van der Waals surface area contributed by atoms with Crippen molar-refractivity contribution in [1.82, 2.24) is 14.8 Å². The Labute approximate surface area is 137 Å². The first-order valence-electron chi connectivity index (χ1n) is 7.63. The summed E-state index contributed by atoms with van der Waals surface area (Å²) in [5.74, 6) is 2.10. The lowest BCUT2D eigenvalue weighted by Gasteiger charge is -2.24. The first kappa shape index (κ1) is 16.3. The number of nitrogens with one attached hydrogen (secondary N) is 1. The number of nitriles is 1. The minimum Gasteiger partial charge on any atom is -0.378 e. The van der Waals surface area contributed by atoms with Crippen LogP contribution in [0.2, 0.25) is 0 Å². The number of rotatable bonds is 4. The van der Waals surface area contributed by atoms with Gasteiger partial charge in [0.25, 0.3) is 0 Å². The van der Waals surface area contributed by atoms with Crippen molar-refractivity contribution in [2.24, 2.45) is 7.05 Å². The van der Waals surface area contributed by atoms with Gasteiger partial charge in [0.05, 0.1) is 23.7 Å². The van der Waals surface area contributed by atoms with Gasteiger partial charge >= 0.3 is 6.18 Å². The van der Waals surface area contributed by atoms with Crippen molar-refractivity contribution in [3.63, 3.8) is 0 Å². The van der Waals surface area contributed by atoms with Crippen molar-refractivity contribution in [1.29, 1.82) is 5.26 Å². The zero-order chi connectivity index (χ0) is 17.3. The molecule has 8 heteroatoms. The third-order valence-corrected chi connectivity index (χ3v) is 4.37. The molecular weight excluding hydrogens is 319 g/mol. The standard InChI is InChI=1S/C16H16F3N5/c1-24-14(22-23-15(24)10-3-2-4-10)9-21-12-5-6-13(16(17,18)19)11(7-12)8-20/h5-7,10,21H,2-4,9H2,1H3. The van der Waals surface area contributed by atoms with E-state index in [4.69, 9.17) is 5.26 Å². The fourth-order valence-electron chi connectivity index (χ4n) is 2.73. The van der Waals surface area contributed by atoms with E-state index in [0.717, 1.165) is 24.7 Å². The Kier molecular flexibility index (Phi) is 4.18. The summed E-state index contributed by atoms with van der Waals surface area (Å²) in [4.78, 5) is 0. The maximum atomic E-state index is 12.8. The quantitative estimate of drug-likeness (QED) is 0.927. The fourth-order valence-corrected chi connectivity index (χ4v) is 2.73. The summed E-state index contributed by atoms with van der Waals surface area (Å²) < 4.78 is 40.3. The van der Waals surface area contributed by atoms with Crippen LogP contribution in [0.3, 0.4) is 0 Å². The van der Waals surface area contributed by atoms with Crippen LogP contribution in [0, 0.1) is 11.3 Å². The Morgan fingerprint density at radius 3 is 2.67 bits per heavy atom. The van der Waals surface area contributed by atoms with E-state index < -0.39 is 17.3 Å². The maximum absolute atomic E-state index is 12.8. The number of halogens is 3. The topological polar surface area (TPSA) is 66.5 Å². The fraction of sp³-hybridized carbons (Fsp3) is 0.438. The molecule has 3 rings (SSSR count). The Bertz CT molecular complexity index is 784. The molecule has 0 radical (unpaired) electrons. The predicted molar refractivity (Wildman–Crippen MR) is 81.1 cm³/mol. The summed E-state index contributed by atoms with van der Waals surface area (Å²) in [6.45, 7) is 0.326. The van der Waals surface area contributed by atoms with E-state index >= 15 is 0 Å². The summed E-state index contributed by atoms with van der Waals surface area (Å²) in [6, 6.07) is 5.02. The molecule has 0 unspecified atom stereocenters. The summed E-state index contributed by atoms with van der Waals surface area (Å²) in [5.41, 5.74) is -0.894. The van der Waals surface area contributed by atoms with E-state index in [1.807, 2.05) is 11.6 Å². The molecule has 1 N–H and O–H groups in total. The lowest BCUT2D eigenvalue weighted by atomic mass is 9.85. The molecule has 0 amide bonds. The van der Waals surface area contributed by atoms with Gasteiger partial charge in [-0.3, -0.25) is 0 Å². The molecule has 0 saturated heterocycles. The average molecular weight is 335 g/mol. The van der Waals surface area contributed by atoms with Crippen LogP contribution < -0.4 is 5.32 Å². The van der Waals surface area contributed by atoms with Crippen molar-refractivity contribution >= 4 is 5.69 Å². The van der Waals surface area contributed by atoms with Crippen LogP contribution in [0.1, 0.15) is 48.0 Å². The molecule has 0 aliphatic heterocycles. The number of anilines is 1. The van der Waals surface area contributed by atoms with Crippen LogP contribution in [0.25, 0.3) is 0 Å². The lowest BCUT2D eigenvalue weighted by Crippen LogP contribution is -2.15. The molecule has 1 aliphatic rings. The predicted octanol–water partition coefficient (Wildman–Crippen LogP) is 3.59. The highest BCUT2D eigenvalue weighted by atomic mass is 19.4. The smallest absolute Gasteiger partial charge is 0.378 e. The Morgan fingerprint density at radius 1 is 1.33 bits per heavy atom. The minimum atomic E-state index is -4.54. The number of hydrogen-bond acceptors (Lipinski definition) is 4. The van der Waals surface area contributed by atoms with E-state index in [0.29, 0.717) is 24.0 Å². The third-order valence-electron chi connectivity index (χ3n) is 4.37. The average Bonchev–Trinajstić information content (AvgIpc) is 2.83. The highest BCUT2D eigenvalue weighted by molar-refractivity contribution is 5.53. The molecule has 0 spiro atoms. The molecule has 0 atom stereocenters. The molecule has 1 aromatic carbocycles. The van der Waals surface area contributed by atoms with Crippen LogP contribution in [0.15, 0.2) is 18.2 Å². The normalized spacial score (nSPS) is 15.0. The van der Waals surface area contributed by atoms with Crippen LogP contribution in [0.4, 0.5) is 18.9 Å².